The van der Waals surface area contributed by atoms with Gasteiger partial charge in [-0.1, -0.05) is 30.3 Å². The van der Waals surface area contributed by atoms with Gasteiger partial charge in [0.2, 0.25) is 0 Å². The lowest BCUT2D eigenvalue weighted by Crippen LogP contribution is -2.41. The van der Waals surface area contributed by atoms with Crippen molar-refractivity contribution < 1.29 is 18.7 Å². The number of benzene rings is 1. The number of Topliss-reactive ketones (excluding diaryl/α,β-unsaturated/α-hetero) is 1. The number of amides is 1. The van der Waals surface area contributed by atoms with Gasteiger partial charge in [-0.05, 0) is 18.4 Å². The van der Waals surface area contributed by atoms with Gasteiger partial charge < -0.3 is 9.64 Å². The molecule has 1 saturated heterocycles. The highest BCUT2D eigenvalue weighted by Crippen LogP contribution is 2.12. The molecule has 0 N–H and O–H groups in total. The Kier molecular flexibility index (Phi) is 5.09. The summed E-state index contributed by atoms with van der Waals surface area (Å²) in [5.41, 5.74) is 0.876. The lowest BCUT2D eigenvalue weighted by molar-refractivity contribution is -0.124. The van der Waals surface area contributed by atoms with Crippen LogP contribution in [0.5, 0.6) is 0 Å². The summed E-state index contributed by atoms with van der Waals surface area (Å²) in [6, 6.07) is 9.29. The summed E-state index contributed by atoms with van der Waals surface area (Å²) in [7, 11) is 0. The average molecular weight is 279 g/mol. The van der Waals surface area contributed by atoms with Crippen LogP contribution in [0.4, 0.5) is 9.18 Å². The number of carbonyl (C=O) groups is 2. The van der Waals surface area contributed by atoms with E-state index in [1.807, 2.05) is 30.3 Å². The van der Waals surface area contributed by atoms with Crippen molar-refractivity contribution >= 4 is 11.9 Å². The SMILES string of the molecule is O=C1CCCCN(C(=O)OCc2ccccc2)CC1F. The second kappa shape index (κ2) is 7.03. The lowest BCUT2D eigenvalue weighted by Gasteiger charge is -2.25. The van der Waals surface area contributed by atoms with Crippen molar-refractivity contribution in [3.8, 4) is 0 Å². The maximum atomic E-state index is 13.6. The Balaban J connectivity index is 1.88. The first-order chi connectivity index (χ1) is 9.66. The number of nitrogens with zero attached hydrogens (tertiary/aromatic N) is 1. The minimum absolute atomic E-state index is 0.154. The van der Waals surface area contributed by atoms with Crippen LogP contribution >= 0.6 is 0 Å². The summed E-state index contributed by atoms with van der Waals surface area (Å²) in [4.78, 5) is 24.6. The second-order valence-electron chi connectivity index (χ2n) is 4.88. The van der Waals surface area contributed by atoms with Crippen LogP contribution in [0.3, 0.4) is 0 Å². The van der Waals surface area contributed by atoms with Gasteiger partial charge >= 0.3 is 6.09 Å². The number of hydrogen-bond acceptors (Lipinski definition) is 3. The van der Waals surface area contributed by atoms with E-state index in [0.717, 1.165) is 5.56 Å². The Morgan fingerprint density at radius 3 is 2.80 bits per heavy atom. The van der Waals surface area contributed by atoms with Gasteiger partial charge in [0.15, 0.2) is 12.0 Å². The molecule has 0 spiro atoms. The van der Waals surface area contributed by atoms with Crippen LogP contribution in [0, 0.1) is 0 Å². The fourth-order valence-electron chi connectivity index (χ4n) is 2.12. The Hall–Kier alpha value is -1.91. The third kappa shape index (κ3) is 4.05. The zero-order valence-corrected chi connectivity index (χ0v) is 11.3. The predicted octanol–water partition coefficient (Wildman–Crippen LogP) is 2.72. The van der Waals surface area contributed by atoms with Gasteiger partial charge in [-0.2, -0.15) is 0 Å². The van der Waals surface area contributed by atoms with Crippen LogP contribution in [0.2, 0.25) is 0 Å². The first-order valence-electron chi connectivity index (χ1n) is 6.79. The summed E-state index contributed by atoms with van der Waals surface area (Å²) in [6.07, 6.45) is -0.597. The van der Waals surface area contributed by atoms with Crippen molar-refractivity contribution in [2.24, 2.45) is 0 Å². The van der Waals surface area contributed by atoms with E-state index in [2.05, 4.69) is 0 Å². The Labute approximate surface area is 117 Å². The maximum absolute atomic E-state index is 13.6. The van der Waals surface area contributed by atoms with Gasteiger partial charge in [-0.25, -0.2) is 9.18 Å². The van der Waals surface area contributed by atoms with Gasteiger partial charge in [0, 0.05) is 13.0 Å². The molecule has 0 bridgehead atoms. The Bertz CT molecular complexity index is 463. The van der Waals surface area contributed by atoms with Crippen molar-refractivity contribution in [2.45, 2.75) is 32.0 Å². The van der Waals surface area contributed by atoms with E-state index >= 15 is 0 Å². The molecule has 1 aromatic rings. The van der Waals surface area contributed by atoms with Gasteiger partial charge in [0.1, 0.15) is 6.61 Å². The second-order valence-corrected chi connectivity index (χ2v) is 4.88. The monoisotopic (exact) mass is 279 g/mol. The number of ketones is 1. The summed E-state index contributed by atoms with van der Waals surface area (Å²) < 4.78 is 18.7. The summed E-state index contributed by atoms with van der Waals surface area (Å²) >= 11 is 0. The van der Waals surface area contributed by atoms with Gasteiger partial charge in [0.05, 0.1) is 6.54 Å². The van der Waals surface area contributed by atoms with Crippen LogP contribution in [-0.2, 0) is 16.1 Å². The topological polar surface area (TPSA) is 46.6 Å². The quantitative estimate of drug-likeness (QED) is 0.836. The summed E-state index contributed by atoms with van der Waals surface area (Å²) in [5, 5.41) is 0. The highest BCUT2D eigenvalue weighted by Gasteiger charge is 2.26. The van der Waals surface area contributed by atoms with Crippen molar-refractivity contribution in [2.75, 3.05) is 13.1 Å². The molecule has 1 atom stereocenters. The van der Waals surface area contributed by atoms with Crippen LogP contribution < -0.4 is 0 Å². The Morgan fingerprint density at radius 2 is 2.05 bits per heavy atom. The van der Waals surface area contributed by atoms with E-state index in [1.165, 1.54) is 4.90 Å². The molecule has 0 aromatic heterocycles. The van der Waals surface area contributed by atoms with Gasteiger partial charge in [-0.3, -0.25) is 4.79 Å². The summed E-state index contributed by atoms with van der Waals surface area (Å²) in [5.74, 6) is -0.425. The molecule has 0 aliphatic carbocycles. The minimum Gasteiger partial charge on any atom is -0.445 e. The fraction of sp³-hybridized carbons (Fsp3) is 0.467. The fourth-order valence-corrected chi connectivity index (χ4v) is 2.12. The molecule has 0 radical (unpaired) electrons. The molecule has 20 heavy (non-hydrogen) atoms. The summed E-state index contributed by atoms with van der Waals surface area (Å²) in [6.45, 7) is 0.384. The molecule has 1 unspecified atom stereocenters. The number of likely N-dealkylation sites (tertiary alicyclic amines) is 1. The van der Waals surface area contributed by atoms with Crippen LogP contribution in [0.25, 0.3) is 0 Å². The predicted molar refractivity (Wildman–Crippen MR) is 72.0 cm³/mol. The van der Waals surface area contributed by atoms with Crippen LogP contribution in [0.15, 0.2) is 30.3 Å². The van der Waals surface area contributed by atoms with Crippen molar-refractivity contribution in [3.63, 3.8) is 0 Å². The molecule has 0 saturated carbocycles. The third-order valence-corrected chi connectivity index (χ3v) is 3.29. The molecule has 108 valence electrons. The molecular weight excluding hydrogens is 261 g/mol. The van der Waals surface area contributed by atoms with E-state index in [0.29, 0.717) is 19.4 Å². The van der Waals surface area contributed by atoms with Crippen LogP contribution in [0.1, 0.15) is 24.8 Å². The maximum Gasteiger partial charge on any atom is 0.410 e. The zero-order valence-electron chi connectivity index (χ0n) is 11.3. The molecular formula is C15H18FNO3. The number of halogens is 1. The van der Waals surface area contributed by atoms with Crippen molar-refractivity contribution in [1.29, 1.82) is 0 Å². The molecule has 1 aliphatic heterocycles. The normalized spacial score (nSPS) is 20.1. The van der Waals surface area contributed by atoms with Gasteiger partial charge in [0.25, 0.3) is 0 Å². The average Bonchev–Trinajstić information content (AvgIpc) is 2.46. The first kappa shape index (κ1) is 14.5. The highest BCUT2D eigenvalue weighted by molar-refractivity contribution is 5.83. The number of hydrogen-bond donors (Lipinski definition) is 0. The third-order valence-electron chi connectivity index (χ3n) is 3.29. The molecule has 5 heteroatoms. The van der Waals surface area contributed by atoms with E-state index in [4.69, 9.17) is 4.74 Å². The standard InChI is InChI=1S/C15H18FNO3/c16-13-10-17(9-5-4-8-14(13)18)15(19)20-11-12-6-2-1-3-7-12/h1-3,6-7,13H,4-5,8-11H2. The molecule has 1 fully saturated rings. The highest BCUT2D eigenvalue weighted by atomic mass is 19.1. The van der Waals surface area contributed by atoms with Crippen molar-refractivity contribution in [1.82, 2.24) is 4.90 Å². The molecule has 2 rings (SSSR count). The van der Waals surface area contributed by atoms with E-state index in [9.17, 15) is 14.0 Å². The molecule has 4 nitrogen and oxygen atoms in total. The molecule has 1 heterocycles. The largest absolute Gasteiger partial charge is 0.445 e. The number of carbonyl (C=O) groups excluding carboxylic acids is 2. The molecule has 1 aromatic carbocycles. The zero-order chi connectivity index (χ0) is 14.4. The number of ether oxygens (including phenoxy) is 1. The van der Waals surface area contributed by atoms with E-state index in [-0.39, 0.29) is 19.6 Å². The minimum atomic E-state index is -1.60. The Morgan fingerprint density at radius 1 is 1.30 bits per heavy atom. The lowest BCUT2D eigenvalue weighted by atomic mass is 10.1. The van der Waals surface area contributed by atoms with Crippen LogP contribution in [-0.4, -0.2) is 36.0 Å². The van der Waals surface area contributed by atoms with Gasteiger partial charge in [-0.15, -0.1) is 0 Å². The van der Waals surface area contributed by atoms with E-state index < -0.39 is 18.0 Å². The molecule has 1 amide bonds. The number of rotatable bonds is 2. The first-order valence-corrected chi connectivity index (χ1v) is 6.79. The van der Waals surface area contributed by atoms with E-state index in [1.54, 1.807) is 0 Å². The smallest absolute Gasteiger partial charge is 0.410 e. The van der Waals surface area contributed by atoms with Crippen molar-refractivity contribution in [3.05, 3.63) is 35.9 Å². The number of alkyl halides is 1. The molecule has 1 aliphatic rings.